The maximum Gasteiger partial charge on any atom is 0.335 e. The van der Waals surface area contributed by atoms with Crippen molar-refractivity contribution in [2.24, 2.45) is 7.05 Å². The summed E-state index contributed by atoms with van der Waals surface area (Å²) in [5, 5.41) is 12.7. The maximum absolute atomic E-state index is 12.4. The zero-order valence-electron chi connectivity index (χ0n) is 11.9. The first kappa shape index (κ1) is 13.9. The minimum Gasteiger partial charge on any atom is -0.478 e. The van der Waals surface area contributed by atoms with Gasteiger partial charge < -0.3 is 15.0 Å². The number of hydrogen-bond donors (Lipinski definition) is 2. The fourth-order valence-electron chi connectivity index (χ4n) is 2.43. The molecule has 2 aromatic carbocycles. The normalized spacial score (nSPS) is 10.6. The van der Waals surface area contributed by atoms with Crippen LogP contribution in [-0.4, -0.2) is 21.6 Å². The van der Waals surface area contributed by atoms with Gasteiger partial charge in [0.05, 0.1) is 5.56 Å². The van der Waals surface area contributed by atoms with Gasteiger partial charge >= 0.3 is 5.97 Å². The number of aryl methyl sites for hydroxylation is 1. The minimum absolute atomic E-state index is 0.134. The molecule has 0 saturated carbocycles. The summed E-state index contributed by atoms with van der Waals surface area (Å²) in [6.07, 6.45) is 0. The average Bonchev–Trinajstić information content (AvgIpc) is 2.85. The number of amides is 1. The number of para-hydroxylation sites is 1. The molecule has 3 rings (SSSR count). The molecule has 0 fully saturated rings. The van der Waals surface area contributed by atoms with E-state index in [-0.39, 0.29) is 11.5 Å². The van der Waals surface area contributed by atoms with Crippen LogP contribution < -0.4 is 5.32 Å². The number of carboxylic acids is 1. The molecule has 1 amide bonds. The summed E-state index contributed by atoms with van der Waals surface area (Å²) >= 11 is 0. The van der Waals surface area contributed by atoms with Gasteiger partial charge in [0, 0.05) is 23.6 Å². The highest BCUT2D eigenvalue weighted by atomic mass is 16.4. The summed E-state index contributed by atoms with van der Waals surface area (Å²) in [6.45, 7) is 0. The number of carbonyl (C=O) groups is 2. The van der Waals surface area contributed by atoms with Gasteiger partial charge in [-0.2, -0.15) is 0 Å². The molecule has 22 heavy (non-hydrogen) atoms. The number of rotatable bonds is 3. The Hall–Kier alpha value is -3.08. The monoisotopic (exact) mass is 294 g/mol. The number of aromatic nitrogens is 1. The fourth-order valence-corrected chi connectivity index (χ4v) is 2.43. The van der Waals surface area contributed by atoms with Crippen LogP contribution in [0.15, 0.2) is 54.6 Å². The van der Waals surface area contributed by atoms with Gasteiger partial charge in [-0.1, -0.05) is 24.3 Å². The highest BCUT2D eigenvalue weighted by Crippen LogP contribution is 2.19. The molecular formula is C17H14N2O3. The number of carbonyl (C=O) groups excluding carboxylic acids is 1. The number of fused-ring (bicyclic) bond motifs is 1. The van der Waals surface area contributed by atoms with Gasteiger partial charge in [-0.3, -0.25) is 4.79 Å². The summed E-state index contributed by atoms with van der Waals surface area (Å²) in [5.74, 6) is -1.30. The highest BCUT2D eigenvalue weighted by Gasteiger charge is 2.14. The molecule has 0 aliphatic heterocycles. The molecule has 0 aliphatic rings. The molecule has 0 atom stereocenters. The number of benzene rings is 2. The van der Waals surface area contributed by atoms with E-state index >= 15 is 0 Å². The van der Waals surface area contributed by atoms with Crippen molar-refractivity contribution in [2.45, 2.75) is 0 Å². The van der Waals surface area contributed by atoms with Crippen molar-refractivity contribution in [2.75, 3.05) is 5.32 Å². The van der Waals surface area contributed by atoms with E-state index in [0.717, 1.165) is 10.9 Å². The lowest BCUT2D eigenvalue weighted by molar-refractivity contribution is 0.0696. The Kier molecular flexibility index (Phi) is 3.39. The van der Waals surface area contributed by atoms with Crippen molar-refractivity contribution in [3.8, 4) is 0 Å². The van der Waals surface area contributed by atoms with Gasteiger partial charge in [-0.05, 0) is 30.3 Å². The van der Waals surface area contributed by atoms with E-state index in [2.05, 4.69) is 5.32 Å². The zero-order valence-corrected chi connectivity index (χ0v) is 11.9. The van der Waals surface area contributed by atoms with Crippen LogP contribution in [0.2, 0.25) is 0 Å². The van der Waals surface area contributed by atoms with Crippen molar-refractivity contribution in [3.05, 3.63) is 65.9 Å². The quantitative estimate of drug-likeness (QED) is 0.779. The Balaban J connectivity index is 1.92. The number of nitrogens with zero attached hydrogens (tertiary/aromatic N) is 1. The van der Waals surface area contributed by atoms with Gasteiger partial charge in [-0.25, -0.2) is 4.79 Å². The van der Waals surface area contributed by atoms with Crippen molar-refractivity contribution in [3.63, 3.8) is 0 Å². The van der Waals surface area contributed by atoms with Crippen LogP contribution >= 0.6 is 0 Å². The van der Waals surface area contributed by atoms with E-state index < -0.39 is 5.97 Å². The summed E-state index contributed by atoms with van der Waals surface area (Å²) in [7, 11) is 1.82. The third-order valence-corrected chi connectivity index (χ3v) is 3.55. The van der Waals surface area contributed by atoms with Gasteiger partial charge in [0.15, 0.2) is 0 Å². The molecule has 1 heterocycles. The van der Waals surface area contributed by atoms with Crippen LogP contribution in [0.4, 0.5) is 5.69 Å². The third kappa shape index (κ3) is 2.44. The molecule has 1 aromatic heterocycles. The topological polar surface area (TPSA) is 71.3 Å². The van der Waals surface area contributed by atoms with Crippen LogP contribution in [0.25, 0.3) is 10.9 Å². The van der Waals surface area contributed by atoms with Crippen LogP contribution in [0.1, 0.15) is 20.8 Å². The number of anilines is 1. The molecule has 0 aliphatic carbocycles. The van der Waals surface area contributed by atoms with E-state index in [9.17, 15) is 9.59 Å². The predicted octanol–water partition coefficient (Wildman–Crippen LogP) is 3.13. The molecule has 0 bridgehead atoms. The van der Waals surface area contributed by atoms with Crippen LogP contribution in [-0.2, 0) is 7.05 Å². The SMILES string of the molecule is Cn1c(C(=O)Nc2cccc(C(=O)O)c2)cc2ccccc21. The Morgan fingerprint density at radius 3 is 2.55 bits per heavy atom. The smallest absolute Gasteiger partial charge is 0.335 e. The van der Waals surface area contributed by atoms with Crippen LogP contribution in [0, 0.1) is 0 Å². The van der Waals surface area contributed by atoms with Crippen molar-refractivity contribution in [1.29, 1.82) is 0 Å². The molecule has 0 unspecified atom stereocenters. The second-order valence-corrected chi connectivity index (χ2v) is 4.99. The summed E-state index contributed by atoms with van der Waals surface area (Å²) in [4.78, 5) is 23.4. The molecule has 0 radical (unpaired) electrons. The Morgan fingerprint density at radius 2 is 1.82 bits per heavy atom. The summed E-state index contributed by atoms with van der Waals surface area (Å²) < 4.78 is 1.81. The van der Waals surface area contributed by atoms with Gasteiger partial charge in [-0.15, -0.1) is 0 Å². The maximum atomic E-state index is 12.4. The number of aromatic carboxylic acids is 1. The Bertz CT molecular complexity index is 880. The first-order chi connectivity index (χ1) is 10.6. The van der Waals surface area contributed by atoms with Gasteiger partial charge in [0.25, 0.3) is 5.91 Å². The fraction of sp³-hybridized carbons (Fsp3) is 0.0588. The largest absolute Gasteiger partial charge is 0.478 e. The molecule has 5 nitrogen and oxygen atoms in total. The molecule has 3 aromatic rings. The highest BCUT2D eigenvalue weighted by molar-refractivity contribution is 6.06. The lowest BCUT2D eigenvalue weighted by Crippen LogP contribution is -2.15. The molecular weight excluding hydrogens is 280 g/mol. The van der Waals surface area contributed by atoms with Crippen molar-refractivity contribution in [1.82, 2.24) is 4.57 Å². The first-order valence-corrected chi connectivity index (χ1v) is 6.75. The zero-order chi connectivity index (χ0) is 15.7. The van der Waals surface area contributed by atoms with E-state index in [4.69, 9.17) is 5.11 Å². The van der Waals surface area contributed by atoms with Gasteiger partial charge in [0.1, 0.15) is 5.69 Å². The number of carboxylic acid groups (broad SMARTS) is 1. The second kappa shape index (κ2) is 5.37. The van der Waals surface area contributed by atoms with Crippen LogP contribution in [0.3, 0.4) is 0 Å². The Morgan fingerprint density at radius 1 is 1.05 bits per heavy atom. The van der Waals surface area contributed by atoms with Gasteiger partial charge in [0.2, 0.25) is 0 Å². The molecule has 5 heteroatoms. The predicted molar refractivity (Wildman–Crippen MR) is 84.3 cm³/mol. The second-order valence-electron chi connectivity index (χ2n) is 4.99. The number of hydrogen-bond acceptors (Lipinski definition) is 2. The lowest BCUT2D eigenvalue weighted by atomic mass is 10.2. The first-order valence-electron chi connectivity index (χ1n) is 6.75. The van der Waals surface area contributed by atoms with Crippen molar-refractivity contribution >= 4 is 28.5 Å². The molecule has 0 saturated heterocycles. The number of nitrogens with one attached hydrogen (secondary N) is 1. The summed E-state index contributed by atoms with van der Waals surface area (Å²) in [6, 6.07) is 15.7. The average molecular weight is 294 g/mol. The molecule has 2 N–H and O–H groups in total. The van der Waals surface area contributed by atoms with E-state index in [0.29, 0.717) is 11.4 Å². The van der Waals surface area contributed by atoms with E-state index in [1.165, 1.54) is 12.1 Å². The third-order valence-electron chi connectivity index (χ3n) is 3.55. The standard InChI is InChI=1S/C17H14N2O3/c1-19-14-8-3-2-5-11(14)10-15(19)16(20)18-13-7-4-6-12(9-13)17(21)22/h2-10H,1H3,(H,18,20)(H,21,22). The van der Waals surface area contributed by atoms with E-state index in [1.807, 2.05) is 41.9 Å². The van der Waals surface area contributed by atoms with Crippen LogP contribution in [0.5, 0.6) is 0 Å². The Labute approximate surface area is 126 Å². The molecule has 0 spiro atoms. The van der Waals surface area contributed by atoms with E-state index in [1.54, 1.807) is 12.1 Å². The molecule has 110 valence electrons. The summed E-state index contributed by atoms with van der Waals surface area (Å²) in [5.41, 5.74) is 2.07. The van der Waals surface area contributed by atoms with Crippen molar-refractivity contribution < 1.29 is 14.7 Å². The lowest BCUT2D eigenvalue weighted by Gasteiger charge is -2.07. The minimum atomic E-state index is -1.03.